The van der Waals surface area contributed by atoms with Crippen molar-refractivity contribution in [1.82, 2.24) is 20.0 Å². The van der Waals surface area contributed by atoms with Crippen molar-refractivity contribution in [2.24, 2.45) is 0 Å². The fourth-order valence-corrected chi connectivity index (χ4v) is 1.38. The molecule has 2 aromatic rings. The normalized spacial score (nSPS) is 10.5. The lowest BCUT2D eigenvalue weighted by atomic mass is 10.3. The number of rotatable bonds is 3. The van der Waals surface area contributed by atoms with E-state index >= 15 is 0 Å². The first-order chi connectivity index (χ1) is 7.31. The molecule has 0 saturated heterocycles. The quantitative estimate of drug-likeness (QED) is 0.770. The lowest BCUT2D eigenvalue weighted by Gasteiger charge is -2.03. The Hall–Kier alpha value is -1.78. The van der Waals surface area contributed by atoms with E-state index < -0.39 is 0 Å². The van der Waals surface area contributed by atoms with Crippen molar-refractivity contribution < 1.29 is 4.39 Å². The summed E-state index contributed by atoms with van der Waals surface area (Å²) in [5.41, 5.74) is 1.31. The SMILES string of the molecule is CCCn1nncc1-c1cc(F)ccn1. The molecule has 2 heterocycles. The van der Waals surface area contributed by atoms with Crippen LogP contribution in [0.2, 0.25) is 0 Å². The van der Waals surface area contributed by atoms with E-state index in [1.54, 1.807) is 10.9 Å². The molecule has 0 spiro atoms. The Balaban J connectivity index is 2.40. The molecule has 0 fully saturated rings. The maximum atomic E-state index is 13.0. The second kappa shape index (κ2) is 4.16. The fourth-order valence-electron chi connectivity index (χ4n) is 1.38. The van der Waals surface area contributed by atoms with Crippen LogP contribution in [0.5, 0.6) is 0 Å². The van der Waals surface area contributed by atoms with Crippen LogP contribution in [-0.4, -0.2) is 20.0 Å². The van der Waals surface area contributed by atoms with Gasteiger partial charge >= 0.3 is 0 Å². The van der Waals surface area contributed by atoms with Gasteiger partial charge in [0.05, 0.1) is 11.9 Å². The van der Waals surface area contributed by atoms with Crippen LogP contribution in [0.4, 0.5) is 4.39 Å². The smallest absolute Gasteiger partial charge is 0.126 e. The molecule has 0 radical (unpaired) electrons. The van der Waals surface area contributed by atoms with Crippen LogP contribution in [0.25, 0.3) is 11.4 Å². The first-order valence-corrected chi connectivity index (χ1v) is 4.81. The monoisotopic (exact) mass is 206 g/mol. The molecule has 0 saturated carbocycles. The second-order valence-corrected chi connectivity index (χ2v) is 3.20. The number of aryl methyl sites for hydroxylation is 1. The maximum Gasteiger partial charge on any atom is 0.126 e. The maximum absolute atomic E-state index is 13.0. The summed E-state index contributed by atoms with van der Waals surface area (Å²) in [5, 5.41) is 7.71. The lowest BCUT2D eigenvalue weighted by Crippen LogP contribution is -2.02. The largest absolute Gasteiger partial charge is 0.254 e. The summed E-state index contributed by atoms with van der Waals surface area (Å²) in [6.07, 6.45) is 3.98. The first kappa shape index (κ1) is 9.76. The Kier molecular flexibility index (Phi) is 2.71. The van der Waals surface area contributed by atoms with E-state index in [9.17, 15) is 4.39 Å². The molecule has 0 N–H and O–H groups in total. The van der Waals surface area contributed by atoms with E-state index in [1.165, 1.54) is 18.3 Å². The van der Waals surface area contributed by atoms with Crippen LogP contribution in [0, 0.1) is 5.82 Å². The van der Waals surface area contributed by atoms with Crippen molar-refractivity contribution in [3.05, 3.63) is 30.3 Å². The zero-order chi connectivity index (χ0) is 10.7. The van der Waals surface area contributed by atoms with Crippen molar-refractivity contribution in [3.63, 3.8) is 0 Å². The average Bonchev–Trinajstić information content (AvgIpc) is 2.66. The zero-order valence-corrected chi connectivity index (χ0v) is 8.39. The van der Waals surface area contributed by atoms with Crippen molar-refractivity contribution in [3.8, 4) is 11.4 Å². The molecule has 78 valence electrons. The van der Waals surface area contributed by atoms with Gasteiger partial charge in [0, 0.05) is 18.8 Å². The van der Waals surface area contributed by atoms with Gasteiger partial charge in [0.15, 0.2) is 0 Å². The van der Waals surface area contributed by atoms with E-state index in [0.717, 1.165) is 18.7 Å². The highest BCUT2D eigenvalue weighted by atomic mass is 19.1. The molecule has 0 aliphatic rings. The molecule has 0 atom stereocenters. The van der Waals surface area contributed by atoms with Gasteiger partial charge in [0.2, 0.25) is 0 Å². The summed E-state index contributed by atoms with van der Waals surface area (Å²) in [4.78, 5) is 4.08. The molecule has 0 unspecified atom stereocenters. The minimum Gasteiger partial charge on any atom is -0.254 e. The van der Waals surface area contributed by atoms with Gasteiger partial charge in [0.25, 0.3) is 0 Å². The Morgan fingerprint density at radius 2 is 2.33 bits per heavy atom. The van der Waals surface area contributed by atoms with Crippen LogP contribution >= 0.6 is 0 Å². The summed E-state index contributed by atoms with van der Waals surface area (Å²) >= 11 is 0. The molecule has 5 heteroatoms. The predicted molar refractivity (Wildman–Crippen MR) is 53.5 cm³/mol. The standard InChI is InChI=1S/C10H11FN4/c1-2-5-15-10(7-13-14-15)9-6-8(11)3-4-12-9/h3-4,6-7H,2,5H2,1H3. The molecule has 0 amide bonds. The predicted octanol–water partition coefficient (Wildman–Crippen LogP) is 1.89. The lowest BCUT2D eigenvalue weighted by molar-refractivity contribution is 0.582. The first-order valence-electron chi connectivity index (χ1n) is 4.81. The minimum absolute atomic E-state index is 0.302. The topological polar surface area (TPSA) is 43.6 Å². The van der Waals surface area contributed by atoms with Crippen molar-refractivity contribution in [2.45, 2.75) is 19.9 Å². The zero-order valence-electron chi connectivity index (χ0n) is 8.39. The van der Waals surface area contributed by atoms with E-state index in [0.29, 0.717) is 5.69 Å². The van der Waals surface area contributed by atoms with E-state index in [4.69, 9.17) is 0 Å². The number of halogens is 1. The molecule has 15 heavy (non-hydrogen) atoms. The van der Waals surface area contributed by atoms with Gasteiger partial charge < -0.3 is 0 Å². The summed E-state index contributed by atoms with van der Waals surface area (Å²) in [6.45, 7) is 2.80. The summed E-state index contributed by atoms with van der Waals surface area (Å²) < 4.78 is 14.7. The van der Waals surface area contributed by atoms with Gasteiger partial charge in [-0.25, -0.2) is 9.07 Å². The molecule has 0 bridgehead atoms. The number of hydrogen-bond donors (Lipinski definition) is 0. The third kappa shape index (κ3) is 2.01. The molecule has 0 aromatic carbocycles. The van der Waals surface area contributed by atoms with E-state index in [1.807, 2.05) is 6.92 Å². The third-order valence-electron chi connectivity index (χ3n) is 2.04. The third-order valence-corrected chi connectivity index (χ3v) is 2.04. The minimum atomic E-state index is -0.302. The Morgan fingerprint density at radius 3 is 3.07 bits per heavy atom. The molecular weight excluding hydrogens is 195 g/mol. The fraction of sp³-hybridized carbons (Fsp3) is 0.300. The van der Waals surface area contributed by atoms with Crippen molar-refractivity contribution in [1.29, 1.82) is 0 Å². The highest BCUT2D eigenvalue weighted by Crippen LogP contribution is 2.15. The summed E-state index contributed by atoms with van der Waals surface area (Å²) in [5.74, 6) is -0.302. The number of aromatic nitrogens is 4. The van der Waals surface area contributed by atoms with E-state index in [2.05, 4.69) is 15.3 Å². The molecular formula is C10H11FN4. The van der Waals surface area contributed by atoms with Gasteiger partial charge in [0.1, 0.15) is 11.5 Å². The Bertz CT molecular complexity index is 452. The summed E-state index contributed by atoms with van der Waals surface area (Å²) in [6, 6.07) is 2.70. The van der Waals surface area contributed by atoms with Gasteiger partial charge in [-0.05, 0) is 12.5 Å². The molecule has 2 aromatic heterocycles. The number of hydrogen-bond acceptors (Lipinski definition) is 3. The summed E-state index contributed by atoms with van der Waals surface area (Å²) in [7, 11) is 0. The highest BCUT2D eigenvalue weighted by molar-refractivity contribution is 5.52. The molecule has 2 rings (SSSR count). The van der Waals surface area contributed by atoms with Gasteiger partial charge in [-0.3, -0.25) is 4.98 Å². The molecule has 0 aliphatic carbocycles. The molecule has 0 aliphatic heterocycles. The number of pyridine rings is 1. The molecule has 4 nitrogen and oxygen atoms in total. The average molecular weight is 206 g/mol. The number of nitrogens with zero attached hydrogens (tertiary/aromatic N) is 4. The van der Waals surface area contributed by atoms with Crippen LogP contribution in [0.15, 0.2) is 24.5 Å². The van der Waals surface area contributed by atoms with E-state index in [-0.39, 0.29) is 5.82 Å². The van der Waals surface area contributed by atoms with Gasteiger partial charge in [-0.15, -0.1) is 5.10 Å². The van der Waals surface area contributed by atoms with Crippen LogP contribution in [0.3, 0.4) is 0 Å². The van der Waals surface area contributed by atoms with Gasteiger partial charge in [-0.2, -0.15) is 0 Å². The van der Waals surface area contributed by atoms with Crippen LogP contribution < -0.4 is 0 Å². The second-order valence-electron chi connectivity index (χ2n) is 3.20. The van der Waals surface area contributed by atoms with Crippen LogP contribution in [0.1, 0.15) is 13.3 Å². The Morgan fingerprint density at radius 1 is 1.47 bits per heavy atom. The van der Waals surface area contributed by atoms with Crippen molar-refractivity contribution >= 4 is 0 Å². The Labute approximate surface area is 86.8 Å². The highest BCUT2D eigenvalue weighted by Gasteiger charge is 2.07. The van der Waals surface area contributed by atoms with Gasteiger partial charge in [-0.1, -0.05) is 12.1 Å². The van der Waals surface area contributed by atoms with Crippen molar-refractivity contribution in [2.75, 3.05) is 0 Å². The van der Waals surface area contributed by atoms with Crippen LogP contribution in [-0.2, 0) is 6.54 Å².